The molecular weight excluding hydrogens is 247 g/mol. The molecule has 0 aliphatic rings. The summed E-state index contributed by atoms with van der Waals surface area (Å²) in [7, 11) is 0. The first-order valence-electron chi connectivity index (χ1n) is 9.74. The smallest absolute Gasteiger partial charge is 1.00 e. The molecule has 0 heterocycles. The molecule has 0 amide bonds. The van der Waals surface area contributed by atoms with Crippen LogP contribution in [0.25, 0.3) is 0 Å². The maximum atomic E-state index is 2.49. The Morgan fingerprint density at radius 3 is 1.62 bits per heavy atom. The summed E-state index contributed by atoms with van der Waals surface area (Å²) in [6.45, 7) is 9.48. The minimum absolute atomic E-state index is 0. The molecule has 2 unspecified atom stereocenters. The molecule has 0 aliphatic heterocycles. The Labute approximate surface area is 149 Å². The number of hydrogen-bond acceptors (Lipinski definition) is 0. The molecule has 0 radical (unpaired) electrons. The zero-order chi connectivity index (χ0) is 15.1. The fourth-order valence-corrected chi connectivity index (χ4v) is 3.31. The summed E-state index contributed by atoms with van der Waals surface area (Å²) in [6, 6.07) is 0. The molecule has 0 aromatic rings. The first-order valence-corrected chi connectivity index (χ1v) is 9.74. The molecule has 0 aromatic carbocycles. The second-order valence-corrected chi connectivity index (χ2v) is 7.02. The minimum atomic E-state index is 0. The van der Waals surface area contributed by atoms with Gasteiger partial charge in [0.15, 0.2) is 0 Å². The molecular formula is C20H43Li. The van der Waals surface area contributed by atoms with Gasteiger partial charge < -0.3 is 1.43 Å². The van der Waals surface area contributed by atoms with E-state index in [-0.39, 0.29) is 20.3 Å². The van der Waals surface area contributed by atoms with E-state index in [1.807, 2.05) is 0 Å². The van der Waals surface area contributed by atoms with Crippen molar-refractivity contribution < 1.29 is 20.3 Å². The van der Waals surface area contributed by atoms with E-state index < -0.39 is 0 Å². The predicted molar refractivity (Wildman–Crippen MR) is 95.4 cm³/mol. The van der Waals surface area contributed by atoms with Crippen molar-refractivity contribution in [3.8, 4) is 0 Å². The molecule has 124 valence electrons. The normalized spacial score (nSPS) is 13.7. The van der Waals surface area contributed by atoms with Crippen molar-refractivity contribution in [3.05, 3.63) is 0 Å². The van der Waals surface area contributed by atoms with Gasteiger partial charge in [0, 0.05) is 0 Å². The van der Waals surface area contributed by atoms with Crippen LogP contribution in [0.15, 0.2) is 0 Å². The molecule has 0 rings (SSSR count). The Morgan fingerprint density at radius 1 is 0.667 bits per heavy atom. The molecule has 0 nitrogen and oxygen atoms in total. The average molecular weight is 291 g/mol. The number of unbranched alkanes of at least 4 members (excludes halogenated alkanes) is 8. The van der Waals surface area contributed by atoms with Crippen molar-refractivity contribution in [2.75, 3.05) is 0 Å². The Kier molecular flexibility index (Phi) is 21.2. The molecule has 0 aromatic heterocycles. The largest absolute Gasteiger partial charge is 1.00 e. The Hall–Kier alpha value is 0.597. The van der Waals surface area contributed by atoms with E-state index >= 15 is 0 Å². The van der Waals surface area contributed by atoms with Crippen LogP contribution in [0.5, 0.6) is 0 Å². The molecule has 0 bridgehead atoms. The van der Waals surface area contributed by atoms with E-state index in [2.05, 4.69) is 27.7 Å². The van der Waals surface area contributed by atoms with Crippen LogP contribution in [0, 0.1) is 11.8 Å². The van der Waals surface area contributed by atoms with E-state index in [4.69, 9.17) is 0 Å². The molecule has 0 aliphatic carbocycles. The van der Waals surface area contributed by atoms with Crippen molar-refractivity contribution >= 4 is 0 Å². The third-order valence-corrected chi connectivity index (χ3v) is 4.83. The van der Waals surface area contributed by atoms with E-state index in [1.165, 1.54) is 89.9 Å². The third-order valence-electron chi connectivity index (χ3n) is 4.83. The zero-order valence-corrected chi connectivity index (χ0v) is 16.1. The molecule has 21 heavy (non-hydrogen) atoms. The second kappa shape index (κ2) is 18.6. The summed E-state index contributed by atoms with van der Waals surface area (Å²) in [5.74, 6) is 1.96. The van der Waals surface area contributed by atoms with Gasteiger partial charge in [-0.3, -0.25) is 0 Å². The van der Waals surface area contributed by atoms with Crippen LogP contribution in [-0.2, 0) is 0 Å². The van der Waals surface area contributed by atoms with E-state index in [0.717, 1.165) is 11.8 Å². The quantitative estimate of drug-likeness (QED) is 0.298. The predicted octanol–water partition coefficient (Wildman–Crippen LogP) is 4.88. The van der Waals surface area contributed by atoms with Crippen molar-refractivity contribution in [2.45, 2.75) is 118 Å². The maximum Gasteiger partial charge on any atom is 1.00 e. The molecule has 0 saturated carbocycles. The molecule has 0 N–H and O–H groups in total. The van der Waals surface area contributed by atoms with Gasteiger partial charge in [-0.2, -0.15) is 0 Å². The van der Waals surface area contributed by atoms with Gasteiger partial charge in [-0.1, -0.05) is 111 Å². The van der Waals surface area contributed by atoms with Gasteiger partial charge in [0.25, 0.3) is 0 Å². The Balaban J connectivity index is -0.00000180. The summed E-state index contributed by atoms with van der Waals surface area (Å²) >= 11 is 0. The van der Waals surface area contributed by atoms with Crippen molar-refractivity contribution in [3.63, 3.8) is 0 Å². The average Bonchev–Trinajstić information content (AvgIpc) is 2.45. The third kappa shape index (κ3) is 16.8. The van der Waals surface area contributed by atoms with Gasteiger partial charge in [0.05, 0.1) is 0 Å². The Morgan fingerprint density at radius 2 is 1.14 bits per heavy atom. The van der Waals surface area contributed by atoms with Gasteiger partial charge in [0.2, 0.25) is 0 Å². The maximum absolute atomic E-state index is 2.49. The molecule has 1 heteroatoms. The van der Waals surface area contributed by atoms with Crippen molar-refractivity contribution in [2.24, 2.45) is 11.8 Å². The van der Waals surface area contributed by atoms with Gasteiger partial charge in [-0.15, -0.1) is 0 Å². The molecule has 0 fully saturated rings. The fourth-order valence-electron chi connectivity index (χ4n) is 3.31. The van der Waals surface area contributed by atoms with Crippen LogP contribution >= 0.6 is 0 Å². The van der Waals surface area contributed by atoms with Crippen LogP contribution in [0.1, 0.15) is 119 Å². The van der Waals surface area contributed by atoms with E-state index in [9.17, 15) is 0 Å². The minimum Gasteiger partial charge on any atom is -1.00 e. The first kappa shape index (κ1) is 23.9. The SMILES string of the molecule is CCCCCCCC(C)CC(CC)CCCCCCC.[H-].[Li+]. The summed E-state index contributed by atoms with van der Waals surface area (Å²) in [5.41, 5.74) is 0. The summed E-state index contributed by atoms with van der Waals surface area (Å²) in [6.07, 6.45) is 20.2. The fraction of sp³-hybridized carbons (Fsp3) is 1.00. The van der Waals surface area contributed by atoms with Gasteiger partial charge in [-0.05, 0) is 18.3 Å². The number of rotatable bonds is 15. The monoisotopic (exact) mass is 290 g/mol. The Bertz CT molecular complexity index is 185. The van der Waals surface area contributed by atoms with Crippen LogP contribution < -0.4 is 18.9 Å². The molecule has 2 atom stereocenters. The van der Waals surface area contributed by atoms with Crippen LogP contribution in [-0.4, -0.2) is 0 Å². The van der Waals surface area contributed by atoms with Gasteiger partial charge in [-0.25, -0.2) is 0 Å². The van der Waals surface area contributed by atoms with Gasteiger partial charge >= 0.3 is 18.9 Å². The van der Waals surface area contributed by atoms with Crippen molar-refractivity contribution in [1.29, 1.82) is 0 Å². The molecule has 0 spiro atoms. The summed E-state index contributed by atoms with van der Waals surface area (Å²) < 4.78 is 0. The van der Waals surface area contributed by atoms with Gasteiger partial charge in [0.1, 0.15) is 0 Å². The zero-order valence-electron chi connectivity index (χ0n) is 17.1. The van der Waals surface area contributed by atoms with Crippen LogP contribution in [0.3, 0.4) is 0 Å². The molecule has 0 saturated heterocycles. The van der Waals surface area contributed by atoms with Crippen LogP contribution in [0.2, 0.25) is 0 Å². The van der Waals surface area contributed by atoms with E-state index in [0.29, 0.717) is 0 Å². The van der Waals surface area contributed by atoms with E-state index in [1.54, 1.807) is 0 Å². The topological polar surface area (TPSA) is 0 Å². The second-order valence-electron chi connectivity index (χ2n) is 7.02. The van der Waals surface area contributed by atoms with Crippen molar-refractivity contribution in [1.82, 2.24) is 0 Å². The first-order chi connectivity index (χ1) is 9.74. The summed E-state index contributed by atoms with van der Waals surface area (Å²) in [4.78, 5) is 0. The van der Waals surface area contributed by atoms with Crippen LogP contribution in [0.4, 0.5) is 0 Å². The summed E-state index contributed by atoms with van der Waals surface area (Å²) in [5, 5.41) is 0. The number of hydrogen-bond donors (Lipinski definition) is 0. The standard InChI is InChI=1S/C20H42.Li.H/c1-5-8-10-12-14-16-19(4)18-20(7-3)17-15-13-11-9-6-2;;/h19-20H,5-18H2,1-4H3;;/q;+1;-1.